The smallest absolute Gasteiger partial charge is 0.283 e. The highest BCUT2D eigenvalue weighted by molar-refractivity contribution is 8.17. The van der Waals surface area contributed by atoms with Crippen LogP contribution in [0.2, 0.25) is 0 Å². The summed E-state index contributed by atoms with van der Waals surface area (Å²) in [6, 6.07) is 16.2. The Kier molecular flexibility index (Phi) is 5.64. The summed E-state index contributed by atoms with van der Waals surface area (Å²) in [5.41, 5.74) is 3.48. The summed E-state index contributed by atoms with van der Waals surface area (Å²) >= 11 is 1.41. The Bertz CT molecular complexity index is 1370. The molecule has 166 valence electrons. The Morgan fingerprint density at radius 2 is 2.00 bits per heavy atom. The summed E-state index contributed by atoms with van der Waals surface area (Å²) in [4.78, 5) is 19.6. The van der Waals surface area contributed by atoms with Gasteiger partial charge in [-0.3, -0.25) is 15.1 Å². The highest BCUT2D eigenvalue weighted by Crippen LogP contribution is 2.33. The first-order chi connectivity index (χ1) is 16.0. The molecule has 6 nitrogen and oxygen atoms in total. The number of aliphatic imine (C=N–C) groups is 1. The number of thioether (sulfide) groups is 1. The largest absolute Gasteiger partial charge is 0.494 e. The number of amidine groups is 2. The third-order valence-electron chi connectivity index (χ3n) is 5.61. The van der Waals surface area contributed by atoms with Gasteiger partial charge in [-0.15, -0.1) is 0 Å². The molecule has 0 saturated heterocycles. The van der Waals surface area contributed by atoms with Crippen molar-refractivity contribution in [1.29, 1.82) is 5.41 Å². The maximum absolute atomic E-state index is 12.7. The molecule has 3 aromatic rings. The van der Waals surface area contributed by atoms with Crippen molar-refractivity contribution >= 4 is 45.7 Å². The zero-order valence-electron chi connectivity index (χ0n) is 18.5. The van der Waals surface area contributed by atoms with Gasteiger partial charge in [0.15, 0.2) is 5.17 Å². The van der Waals surface area contributed by atoms with Crippen molar-refractivity contribution in [3.8, 4) is 5.75 Å². The average Bonchev–Trinajstić information content (AvgIpc) is 3.34. The molecule has 0 bridgehead atoms. The number of carbonyl (C=O) groups is 1. The first-order valence-electron chi connectivity index (χ1n) is 10.9. The van der Waals surface area contributed by atoms with Crippen LogP contribution in [-0.2, 0) is 11.3 Å². The van der Waals surface area contributed by atoms with Crippen molar-refractivity contribution < 1.29 is 9.53 Å². The van der Waals surface area contributed by atoms with Crippen LogP contribution >= 0.6 is 11.8 Å². The van der Waals surface area contributed by atoms with Crippen molar-refractivity contribution in [1.82, 2.24) is 9.47 Å². The predicted molar refractivity (Wildman–Crippen MR) is 135 cm³/mol. The maximum atomic E-state index is 12.7. The topological polar surface area (TPSA) is 70.7 Å². The molecule has 0 aliphatic carbocycles. The number of allylic oxidation sites excluding steroid dienone is 1. The number of amides is 1. The molecule has 2 aliphatic rings. The molecule has 0 radical (unpaired) electrons. The van der Waals surface area contributed by atoms with Crippen molar-refractivity contribution in [2.75, 3.05) is 6.61 Å². The molecule has 1 N–H and O–H groups in total. The van der Waals surface area contributed by atoms with E-state index in [1.807, 2.05) is 55.7 Å². The normalized spacial score (nSPS) is 16.9. The van der Waals surface area contributed by atoms with Gasteiger partial charge in [0.25, 0.3) is 5.91 Å². The maximum Gasteiger partial charge on any atom is 0.283 e. The molecular weight excluding hydrogens is 432 g/mol. The molecule has 7 heteroatoms. The van der Waals surface area contributed by atoms with E-state index in [1.54, 1.807) is 11.0 Å². The first-order valence-corrected chi connectivity index (χ1v) is 11.7. The number of para-hydroxylation sites is 1. The standard InChI is InChI=1S/C26H24N4O2S/c1-17-7-5-8-20(13-17)32-12-6-11-29-16-19(21-9-3-4-10-23(21)29)14-22-24(27)30-15-18(2)33-26(30)28-25(22)31/h3-5,7-10,13-16,27H,6,11-12H2,1-2H3. The van der Waals surface area contributed by atoms with E-state index in [0.717, 1.165) is 40.1 Å². The van der Waals surface area contributed by atoms with Crippen LogP contribution in [0.3, 0.4) is 0 Å². The van der Waals surface area contributed by atoms with E-state index >= 15 is 0 Å². The van der Waals surface area contributed by atoms with E-state index in [0.29, 0.717) is 17.3 Å². The monoisotopic (exact) mass is 456 g/mol. The van der Waals surface area contributed by atoms with Gasteiger partial charge < -0.3 is 9.30 Å². The van der Waals surface area contributed by atoms with Gasteiger partial charge in [0.2, 0.25) is 0 Å². The Morgan fingerprint density at radius 1 is 1.15 bits per heavy atom. The molecule has 2 aliphatic heterocycles. The number of benzene rings is 2. The lowest BCUT2D eigenvalue weighted by Gasteiger charge is -2.22. The number of aryl methyl sites for hydroxylation is 2. The van der Waals surface area contributed by atoms with Crippen LogP contribution in [0.1, 0.15) is 24.5 Å². The molecule has 33 heavy (non-hydrogen) atoms. The Labute approximate surface area is 196 Å². The molecule has 1 amide bonds. The molecule has 1 aromatic heterocycles. The second-order valence-corrected chi connectivity index (χ2v) is 9.34. The van der Waals surface area contributed by atoms with Crippen LogP contribution in [0, 0.1) is 12.3 Å². The average molecular weight is 457 g/mol. The van der Waals surface area contributed by atoms with Gasteiger partial charge in [0, 0.05) is 40.3 Å². The quantitative estimate of drug-likeness (QED) is 0.388. The zero-order valence-corrected chi connectivity index (χ0v) is 19.4. The van der Waals surface area contributed by atoms with Crippen LogP contribution in [0.4, 0.5) is 0 Å². The molecule has 3 heterocycles. The molecule has 0 saturated carbocycles. The molecule has 5 rings (SSSR count). The predicted octanol–water partition coefficient (Wildman–Crippen LogP) is 5.59. The van der Waals surface area contributed by atoms with Crippen molar-refractivity contribution in [3.05, 3.63) is 82.5 Å². The van der Waals surface area contributed by atoms with E-state index in [9.17, 15) is 4.79 Å². The SMILES string of the molecule is CC1=CN2C(=N)C(=Cc3cn(CCCOc4cccc(C)c4)c4ccccc34)C(=O)N=C2S1. The lowest BCUT2D eigenvalue weighted by atomic mass is 10.1. The van der Waals surface area contributed by atoms with Gasteiger partial charge in [0.1, 0.15) is 11.6 Å². The lowest BCUT2D eigenvalue weighted by molar-refractivity contribution is -0.114. The molecule has 0 atom stereocenters. The lowest BCUT2D eigenvalue weighted by Crippen LogP contribution is -2.35. The summed E-state index contributed by atoms with van der Waals surface area (Å²) in [5.74, 6) is 0.680. The Morgan fingerprint density at radius 3 is 2.85 bits per heavy atom. The fourth-order valence-electron chi connectivity index (χ4n) is 4.06. The Balaban J connectivity index is 1.38. The van der Waals surface area contributed by atoms with Crippen molar-refractivity contribution in [2.45, 2.75) is 26.8 Å². The van der Waals surface area contributed by atoms with Crippen molar-refractivity contribution in [3.63, 3.8) is 0 Å². The fraction of sp³-hybridized carbons (Fsp3) is 0.192. The van der Waals surface area contributed by atoms with E-state index in [4.69, 9.17) is 10.1 Å². The molecule has 0 unspecified atom stereocenters. The van der Waals surface area contributed by atoms with Crippen LogP contribution in [-0.4, -0.2) is 33.0 Å². The van der Waals surface area contributed by atoms with Gasteiger partial charge in [-0.05, 0) is 50.1 Å². The van der Waals surface area contributed by atoms with Gasteiger partial charge in [-0.25, -0.2) is 0 Å². The van der Waals surface area contributed by atoms with Crippen LogP contribution in [0.15, 0.2) is 76.4 Å². The number of nitrogens with zero attached hydrogens (tertiary/aromatic N) is 3. The summed E-state index contributed by atoms with van der Waals surface area (Å²) in [6.45, 7) is 5.40. The third kappa shape index (κ3) is 4.24. The van der Waals surface area contributed by atoms with Crippen LogP contribution < -0.4 is 4.74 Å². The summed E-state index contributed by atoms with van der Waals surface area (Å²) in [6.07, 6.45) is 6.53. The molecule has 0 fully saturated rings. The van der Waals surface area contributed by atoms with E-state index in [-0.39, 0.29) is 11.7 Å². The van der Waals surface area contributed by atoms with E-state index < -0.39 is 0 Å². The summed E-state index contributed by atoms with van der Waals surface area (Å²) in [5, 5.41) is 10.2. The molecule has 2 aromatic carbocycles. The van der Waals surface area contributed by atoms with E-state index in [1.165, 1.54) is 17.3 Å². The Hall–Kier alpha value is -3.58. The van der Waals surface area contributed by atoms with Gasteiger partial charge in [-0.2, -0.15) is 4.99 Å². The number of fused-ring (bicyclic) bond motifs is 2. The first kappa shape index (κ1) is 21.3. The zero-order chi connectivity index (χ0) is 22.9. The second-order valence-electron chi connectivity index (χ2n) is 8.13. The number of hydrogen-bond acceptors (Lipinski definition) is 4. The number of aromatic nitrogens is 1. The highest BCUT2D eigenvalue weighted by atomic mass is 32.2. The second kappa shape index (κ2) is 8.75. The fourth-order valence-corrected chi connectivity index (χ4v) is 4.88. The van der Waals surface area contributed by atoms with Crippen molar-refractivity contribution in [2.24, 2.45) is 4.99 Å². The summed E-state index contributed by atoms with van der Waals surface area (Å²) in [7, 11) is 0. The highest BCUT2D eigenvalue weighted by Gasteiger charge is 2.33. The number of nitrogens with one attached hydrogen (secondary N) is 1. The van der Waals surface area contributed by atoms with Gasteiger partial charge in [0.05, 0.1) is 12.2 Å². The number of carbonyl (C=O) groups excluding carboxylic acids is 1. The number of hydrogen-bond donors (Lipinski definition) is 1. The minimum absolute atomic E-state index is 0.165. The van der Waals surface area contributed by atoms with Gasteiger partial charge in [-0.1, -0.05) is 42.1 Å². The number of ether oxygens (including phenoxy) is 1. The minimum atomic E-state index is -0.370. The molecular formula is C26H24N4O2S. The van der Waals surface area contributed by atoms with Gasteiger partial charge >= 0.3 is 0 Å². The summed E-state index contributed by atoms with van der Waals surface area (Å²) < 4.78 is 8.08. The third-order valence-corrected chi connectivity index (χ3v) is 6.51. The molecule has 0 spiro atoms. The van der Waals surface area contributed by atoms with Crippen LogP contribution in [0.5, 0.6) is 5.75 Å². The number of rotatable bonds is 6. The van der Waals surface area contributed by atoms with Crippen LogP contribution in [0.25, 0.3) is 17.0 Å². The minimum Gasteiger partial charge on any atom is -0.494 e. The van der Waals surface area contributed by atoms with E-state index in [2.05, 4.69) is 28.6 Å².